The van der Waals surface area contributed by atoms with Crippen molar-refractivity contribution in [2.75, 3.05) is 0 Å². The number of rotatable bonds is 2. The Morgan fingerprint density at radius 3 is 2.64 bits per heavy atom. The van der Waals surface area contributed by atoms with E-state index in [1.807, 2.05) is 0 Å². The van der Waals surface area contributed by atoms with Gasteiger partial charge < -0.3 is 0 Å². The van der Waals surface area contributed by atoms with Gasteiger partial charge in [-0.15, -0.1) is 0 Å². The van der Waals surface area contributed by atoms with Gasteiger partial charge in [0, 0.05) is 5.92 Å². The highest BCUT2D eigenvalue weighted by molar-refractivity contribution is 5.91. The van der Waals surface area contributed by atoms with E-state index in [-0.39, 0.29) is 11.7 Å². The van der Waals surface area contributed by atoms with Gasteiger partial charge in [-0.2, -0.15) is 0 Å². The number of carbonyl (C=O) groups excluding carboxylic acids is 1. The van der Waals surface area contributed by atoms with Crippen molar-refractivity contribution in [3.8, 4) is 0 Å². The zero-order chi connectivity index (χ0) is 8.27. The Morgan fingerprint density at radius 2 is 2.09 bits per heavy atom. The van der Waals surface area contributed by atoms with Crippen molar-refractivity contribution in [1.82, 2.24) is 0 Å². The summed E-state index contributed by atoms with van der Waals surface area (Å²) in [7, 11) is 0. The van der Waals surface area contributed by atoms with Crippen LogP contribution in [0.4, 0.5) is 0 Å². The van der Waals surface area contributed by atoms with E-state index in [2.05, 4.69) is 13.5 Å². The van der Waals surface area contributed by atoms with Gasteiger partial charge in [-0.1, -0.05) is 32.8 Å². The molecule has 1 rings (SSSR count). The lowest BCUT2D eigenvalue weighted by atomic mass is 9.78. The number of hydrogen-bond acceptors (Lipinski definition) is 1. The van der Waals surface area contributed by atoms with E-state index in [1.54, 1.807) is 0 Å². The first-order chi connectivity index (χ1) is 5.25. The molecule has 0 aromatic heterocycles. The van der Waals surface area contributed by atoms with Crippen LogP contribution >= 0.6 is 0 Å². The Bertz CT molecular complexity index is 160. The van der Waals surface area contributed by atoms with Gasteiger partial charge in [0.25, 0.3) is 0 Å². The molecule has 0 aliphatic heterocycles. The highest BCUT2D eigenvalue weighted by Crippen LogP contribution is 2.30. The van der Waals surface area contributed by atoms with Crippen molar-refractivity contribution < 1.29 is 4.79 Å². The summed E-state index contributed by atoms with van der Waals surface area (Å²) in [6.45, 7) is 5.69. The van der Waals surface area contributed by atoms with Gasteiger partial charge in [0.1, 0.15) is 0 Å². The van der Waals surface area contributed by atoms with Gasteiger partial charge in [0.2, 0.25) is 0 Å². The first kappa shape index (κ1) is 8.51. The highest BCUT2D eigenvalue weighted by Gasteiger charge is 2.25. The van der Waals surface area contributed by atoms with E-state index in [1.165, 1.54) is 25.3 Å². The van der Waals surface area contributed by atoms with Gasteiger partial charge in [0.05, 0.1) is 0 Å². The number of hydrogen-bond donors (Lipinski definition) is 0. The third-order valence-corrected chi connectivity index (χ3v) is 2.68. The lowest BCUT2D eigenvalue weighted by Crippen LogP contribution is -2.23. The van der Waals surface area contributed by atoms with Crippen LogP contribution in [-0.2, 0) is 4.79 Å². The van der Waals surface area contributed by atoms with Crippen LogP contribution in [0.15, 0.2) is 12.7 Å². The minimum atomic E-state index is 0.247. The molecule has 0 aromatic rings. The molecule has 1 fully saturated rings. The van der Waals surface area contributed by atoms with Crippen LogP contribution in [0.5, 0.6) is 0 Å². The van der Waals surface area contributed by atoms with Crippen molar-refractivity contribution in [3.63, 3.8) is 0 Å². The summed E-state index contributed by atoms with van der Waals surface area (Å²) in [5.74, 6) is 1.10. The van der Waals surface area contributed by atoms with Gasteiger partial charge in [0.15, 0.2) is 5.78 Å². The maximum atomic E-state index is 11.3. The zero-order valence-electron chi connectivity index (χ0n) is 7.18. The highest BCUT2D eigenvalue weighted by atomic mass is 16.1. The molecule has 1 heteroatoms. The van der Waals surface area contributed by atoms with E-state index in [0.717, 1.165) is 6.42 Å². The van der Waals surface area contributed by atoms with E-state index in [4.69, 9.17) is 0 Å². The summed E-state index contributed by atoms with van der Waals surface area (Å²) in [5, 5.41) is 0. The average molecular weight is 152 g/mol. The van der Waals surface area contributed by atoms with Crippen molar-refractivity contribution in [1.29, 1.82) is 0 Å². The molecule has 2 unspecified atom stereocenters. The van der Waals surface area contributed by atoms with Crippen LogP contribution < -0.4 is 0 Å². The SMILES string of the molecule is C=CC(=O)C1CCCCC1C. The molecule has 1 aliphatic carbocycles. The first-order valence-corrected chi connectivity index (χ1v) is 4.42. The standard InChI is InChI=1S/C10H16O/c1-3-10(11)9-7-5-4-6-8(9)2/h3,8-9H,1,4-7H2,2H3. The fourth-order valence-corrected chi connectivity index (χ4v) is 1.89. The second kappa shape index (κ2) is 3.70. The Labute approximate surface area is 68.5 Å². The summed E-state index contributed by atoms with van der Waals surface area (Å²) in [6.07, 6.45) is 6.28. The molecule has 1 aliphatic rings. The largest absolute Gasteiger partial charge is 0.295 e. The van der Waals surface area contributed by atoms with Crippen LogP contribution in [-0.4, -0.2) is 5.78 Å². The molecule has 0 amide bonds. The summed E-state index contributed by atoms with van der Waals surface area (Å²) >= 11 is 0. The third-order valence-electron chi connectivity index (χ3n) is 2.68. The second-order valence-corrected chi connectivity index (χ2v) is 3.47. The molecule has 11 heavy (non-hydrogen) atoms. The summed E-state index contributed by atoms with van der Waals surface area (Å²) < 4.78 is 0. The number of carbonyl (C=O) groups is 1. The Morgan fingerprint density at radius 1 is 1.45 bits per heavy atom. The third kappa shape index (κ3) is 1.92. The van der Waals surface area contributed by atoms with Crippen LogP contribution in [0.1, 0.15) is 32.6 Å². The van der Waals surface area contributed by atoms with Crippen LogP contribution in [0.3, 0.4) is 0 Å². The molecule has 0 heterocycles. The van der Waals surface area contributed by atoms with Crippen molar-refractivity contribution in [3.05, 3.63) is 12.7 Å². The average Bonchev–Trinajstić information content (AvgIpc) is 2.04. The zero-order valence-corrected chi connectivity index (χ0v) is 7.18. The molecular weight excluding hydrogens is 136 g/mol. The molecule has 0 aromatic carbocycles. The van der Waals surface area contributed by atoms with Crippen LogP contribution in [0.2, 0.25) is 0 Å². The Balaban J connectivity index is 2.53. The van der Waals surface area contributed by atoms with E-state index in [9.17, 15) is 4.79 Å². The molecule has 0 radical (unpaired) electrons. The fourth-order valence-electron chi connectivity index (χ4n) is 1.89. The summed E-state index contributed by atoms with van der Waals surface area (Å²) in [5.41, 5.74) is 0. The number of allylic oxidation sites excluding steroid dienone is 1. The normalized spacial score (nSPS) is 31.4. The van der Waals surface area contributed by atoms with E-state index in [0.29, 0.717) is 5.92 Å². The molecule has 2 atom stereocenters. The van der Waals surface area contributed by atoms with Gasteiger partial charge >= 0.3 is 0 Å². The predicted octanol–water partition coefficient (Wildman–Crippen LogP) is 2.57. The number of ketones is 1. The van der Waals surface area contributed by atoms with Crippen LogP contribution in [0.25, 0.3) is 0 Å². The predicted molar refractivity (Wildman–Crippen MR) is 46.3 cm³/mol. The topological polar surface area (TPSA) is 17.1 Å². The summed E-state index contributed by atoms with van der Waals surface area (Å²) in [6, 6.07) is 0. The maximum Gasteiger partial charge on any atom is 0.158 e. The molecule has 0 bridgehead atoms. The molecular formula is C10H16O. The minimum Gasteiger partial charge on any atom is -0.295 e. The molecule has 1 saturated carbocycles. The second-order valence-electron chi connectivity index (χ2n) is 3.47. The smallest absolute Gasteiger partial charge is 0.158 e. The molecule has 0 spiro atoms. The van der Waals surface area contributed by atoms with Crippen molar-refractivity contribution >= 4 is 5.78 Å². The van der Waals surface area contributed by atoms with Crippen molar-refractivity contribution in [2.45, 2.75) is 32.6 Å². The van der Waals surface area contributed by atoms with Gasteiger partial charge in [-0.25, -0.2) is 0 Å². The van der Waals surface area contributed by atoms with Crippen LogP contribution in [0, 0.1) is 11.8 Å². The quantitative estimate of drug-likeness (QED) is 0.556. The van der Waals surface area contributed by atoms with Crippen molar-refractivity contribution in [2.24, 2.45) is 11.8 Å². The molecule has 62 valence electrons. The van der Waals surface area contributed by atoms with Gasteiger partial charge in [-0.05, 0) is 18.4 Å². The molecule has 0 N–H and O–H groups in total. The molecule has 1 nitrogen and oxygen atoms in total. The lowest BCUT2D eigenvalue weighted by Gasteiger charge is -2.26. The fraction of sp³-hybridized carbons (Fsp3) is 0.700. The monoisotopic (exact) mass is 152 g/mol. The summed E-state index contributed by atoms with van der Waals surface area (Å²) in [4.78, 5) is 11.3. The van der Waals surface area contributed by atoms with Gasteiger partial charge in [-0.3, -0.25) is 4.79 Å². The lowest BCUT2D eigenvalue weighted by molar-refractivity contribution is -0.120. The first-order valence-electron chi connectivity index (χ1n) is 4.42. The van der Waals surface area contributed by atoms with E-state index < -0.39 is 0 Å². The maximum absolute atomic E-state index is 11.3. The Hall–Kier alpha value is -0.590. The Kier molecular flexibility index (Phi) is 2.86. The minimum absolute atomic E-state index is 0.247. The molecule has 0 saturated heterocycles. The van der Waals surface area contributed by atoms with E-state index >= 15 is 0 Å².